The molecule has 3 aromatic rings. The van der Waals surface area contributed by atoms with Crippen molar-refractivity contribution in [1.29, 1.82) is 0 Å². The van der Waals surface area contributed by atoms with Gasteiger partial charge in [0.1, 0.15) is 11.6 Å². The van der Waals surface area contributed by atoms with E-state index in [1.54, 1.807) is 6.20 Å². The molecule has 2 aliphatic heterocycles. The molecule has 0 radical (unpaired) electrons. The summed E-state index contributed by atoms with van der Waals surface area (Å²) >= 11 is 5.55. The van der Waals surface area contributed by atoms with Crippen molar-refractivity contribution in [2.45, 2.75) is 39.3 Å². The predicted octanol–water partition coefficient (Wildman–Crippen LogP) is 4.16. The molecule has 0 bridgehead atoms. The summed E-state index contributed by atoms with van der Waals surface area (Å²) < 4.78 is 0. The Hall–Kier alpha value is -3.26. The van der Waals surface area contributed by atoms with E-state index in [9.17, 15) is 0 Å². The van der Waals surface area contributed by atoms with Crippen LogP contribution in [0.5, 0.6) is 0 Å². The molecule has 0 aliphatic carbocycles. The van der Waals surface area contributed by atoms with Gasteiger partial charge in [-0.05, 0) is 60.2 Å². The molecule has 8 heteroatoms. The Morgan fingerprint density at radius 2 is 1.76 bits per heavy atom. The number of hydrogen-bond acceptors (Lipinski definition) is 6. The Morgan fingerprint density at radius 1 is 1.00 bits per heavy atom. The van der Waals surface area contributed by atoms with E-state index in [-0.39, 0.29) is 0 Å². The summed E-state index contributed by atoms with van der Waals surface area (Å²) in [6, 6.07) is 14.8. The van der Waals surface area contributed by atoms with Crippen molar-refractivity contribution < 1.29 is 0 Å². The van der Waals surface area contributed by atoms with Crippen molar-refractivity contribution >= 4 is 34.9 Å². The van der Waals surface area contributed by atoms with Crippen LogP contribution in [0, 0.1) is 5.92 Å². The third-order valence-corrected chi connectivity index (χ3v) is 6.91. The van der Waals surface area contributed by atoms with E-state index in [2.05, 4.69) is 62.7 Å². The lowest BCUT2D eigenvalue weighted by atomic mass is 9.99. The molecule has 0 atom stereocenters. The molecule has 1 aromatic carbocycles. The third-order valence-electron chi connectivity index (χ3n) is 6.66. The van der Waals surface area contributed by atoms with Crippen LogP contribution in [0.15, 0.2) is 54.9 Å². The number of hydrogen-bond donors (Lipinski definition) is 2. The Bertz CT molecular complexity index is 1130. The summed E-state index contributed by atoms with van der Waals surface area (Å²) in [4.78, 5) is 18.6. The molecule has 4 heterocycles. The van der Waals surface area contributed by atoms with Gasteiger partial charge in [0.15, 0.2) is 5.11 Å². The van der Waals surface area contributed by atoms with E-state index in [1.165, 1.54) is 24.0 Å². The summed E-state index contributed by atoms with van der Waals surface area (Å²) in [6.07, 6.45) is 6.98. The van der Waals surface area contributed by atoms with Crippen molar-refractivity contribution in [3.8, 4) is 0 Å². The highest BCUT2D eigenvalue weighted by Crippen LogP contribution is 2.29. The van der Waals surface area contributed by atoms with Gasteiger partial charge in [-0.25, -0.2) is 0 Å². The van der Waals surface area contributed by atoms with E-state index >= 15 is 0 Å². The molecular formula is C26H31N7S. The Morgan fingerprint density at radius 3 is 2.53 bits per heavy atom. The van der Waals surface area contributed by atoms with Gasteiger partial charge in [0.2, 0.25) is 5.95 Å². The Labute approximate surface area is 206 Å². The molecular weight excluding hydrogens is 442 g/mol. The summed E-state index contributed by atoms with van der Waals surface area (Å²) in [7, 11) is 0. The zero-order chi connectivity index (χ0) is 23.3. The summed E-state index contributed by atoms with van der Waals surface area (Å²) in [5.74, 6) is 3.20. The number of rotatable bonds is 5. The summed E-state index contributed by atoms with van der Waals surface area (Å²) in [5, 5.41) is 6.96. The number of nitrogens with one attached hydrogen (secondary N) is 2. The van der Waals surface area contributed by atoms with E-state index in [0.29, 0.717) is 17.6 Å². The normalized spacial score (nSPS) is 16.1. The number of benzene rings is 1. The molecule has 0 amide bonds. The second-order valence-corrected chi connectivity index (χ2v) is 9.59. The molecule has 1 fully saturated rings. The number of pyridine rings is 1. The first-order valence-electron chi connectivity index (χ1n) is 12.0. The standard InChI is InChI=1S/C26H31N7S/c1-19-8-12-32(13-9-19)23-15-24(33-14-10-21-6-2-3-7-22(21)18-33)30-25(29-23)31-26(34)28-17-20-5-4-11-27-16-20/h2-7,11,15-16,19H,8-10,12-14,17-18H2,1H3,(H2,28,29,30,31,34). The molecule has 2 aliphatic rings. The highest BCUT2D eigenvalue weighted by atomic mass is 32.1. The number of thiocarbonyl (C=S) groups is 1. The van der Waals surface area contributed by atoms with Crippen LogP contribution < -0.4 is 20.4 Å². The molecule has 5 rings (SSSR count). The predicted molar refractivity (Wildman–Crippen MR) is 141 cm³/mol. The van der Waals surface area contributed by atoms with Gasteiger partial charge in [0.25, 0.3) is 0 Å². The van der Waals surface area contributed by atoms with Crippen molar-refractivity contribution in [3.05, 3.63) is 71.5 Å². The topological polar surface area (TPSA) is 69.2 Å². The molecule has 34 heavy (non-hydrogen) atoms. The fourth-order valence-electron chi connectivity index (χ4n) is 4.56. The van der Waals surface area contributed by atoms with Gasteiger partial charge < -0.3 is 20.4 Å². The van der Waals surface area contributed by atoms with Gasteiger partial charge >= 0.3 is 0 Å². The van der Waals surface area contributed by atoms with Crippen molar-refractivity contribution in [2.75, 3.05) is 34.8 Å². The van der Waals surface area contributed by atoms with Crippen LogP contribution in [0.1, 0.15) is 36.5 Å². The molecule has 0 unspecified atom stereocenters. The quantitative estimate of drug-likeness (QED) is 0.536. The molecule has 1 saturated heterocycles. The van der Waals surface area contributed by atoms with Crippen molar-refractivity contribution in [2.24, 2.45) is 5.92 Å². The smallest absolute Gasteiger partial charge is 0.232 e. The summed E-state index contributed by atoms with van der Waals surface area (Å²) in [6.45, 7) is 6.75. The van der Waals surface area contributed by atoms with Crippen LogP contribution in [0.2, 0.25) is 0 Å². The van der Waals surface area contributed by atoms with Crippen LogP contribution in [0.3, 0.4) is 0 Å². The largest absolute Gasteiger partial charge is 0.358 e. The maximum Gasteiger partial charge on any atom is 0.232 e. The van der Waals surface area contributed by atoms with Crippen LogP contribution >= 0.6 is 12.2 Å². The maximum atomic E-state index is 5.55. The van der Waals surface area contributed by atoms with Crippen molar-refractivity contribution in [1.82, 2.24) is 20.3 Å². The summed E-state index contributed by atoms with van der Waals surface area (Å²) in [5.41, 5.74) is 3.86. The van der Waals surface area contributed by atoms with Gasteiger partial charge in [-0.1, -0.05) is 37.3 Å². The van der Waals surface area contributed by atoms with E-state index in [4.69, 9.17) is 22.2 Å². The molecule has 7 nitrogen and oxygen atoms in total. The fraction of sp³-hybridized carbons (Fsp3) is 0.385. The second kappa shape index (κ2) is 10.3. The average Bonchev–Trinajstić information content (AvgIpc) is 2.88. The number of fused-ring (bicyclic) bond motifs is 1. The Kier molecular flexibility index (Phi) is 6.85. The number of anilines is 3. The minimum Gasteiger partial charge on any atom is -0.358 e. The van der Waals surface area contributed by atoms with Crippen LogP contribution in [0.25, 0.3) is 0 Å². The monoisotopic (exact) mass is 473 g/mol. The van der Waals surface area contributed by atoms with E-state index in [1.807, 2.05) is 18.3 Å². The maximum absolute atomic E-state index is 5.55. The van der Waals surface area contributed by atoms with Crippen LogP contribution in [-0.2, 0) is 19.5 Å². The molecule has 0 saturated carbocycles. The SMILES string of the molecule is CC1CCN(c2cc(N3CCc4ccccc4C3)nc(NC(=S)NCc3cccnc3)n2)CC1. The third kappa shape index (κ3) is 5.44. The zero-order valence-electron chi connectivity index (χ0n) is 19.6. The van der Waals surface area contributed by atoms with Gasteiger partial charge in [0, 0.05) is 51.2 Å². The highest BCUT2D eigenvalue weighted by Gasteiger charge is 2.22. The van der Waals surface area contributed by atoms with E-state index in [0.717, 1.165) is 55.7 Å². The molecule has 2 aromatic heterocycles. The minimum absolute atomic E-state index is 0.503. The lowest BCUT2D eigenvalue weighted by molar-refractivity contribution is 0.436. The van der Waals surface area contributed by atoms with Crippen molar-refractivity contribution in [3.63, 3.8) is 0 Å². The van der Waals surface area contributed by atoms with Crippen LogP contribution in [0.4, 0.5) is 17.6 Å². The number of nitrogens with zero attached hydrogens (tertiary/aromatic N) is 5. The fourth-order valence-corrected chi connectivity index (χ4v) is 4.73. The second-order valence-electron chi connectivity index (χ2n) is 9.19. The first-order valence-corrected chi connectivity index (χ1v) is 12.4. The van der Waals surface area contributed by atoms with Gasteiger partial charge in [-0.3, -0.25) is 4.98 Å². The van der Waals surface area contributed by atoms with E-state index < -0.39 is 0 Å². The zero-order valence-corrected chi connectivity index (χ0v) is 20.4. The lowest BCUT2D eigenvalue weighted by Crippen LogP contribution is -2.35. The van der Waals surface area contributed by atoms with Gasteiger partial charge in [-0.15, -0.1) is 0 Å². The first-order chi connectivity index (χ1) is 16.6. The van der Waals surface area contributed by atoms with Gasteiger partial charge in [-0.2, -0.15) is 9.97 Å². The first kappa shape index (κ1) is 22.5. The number of piperidine rings is 1. The minimum atomic E-state index is 0.503. The highest BCUT2D eigenvalue weighted by molar-refractivity contribution is 7.80. The Balaban J connectivity index is 1.36. The average molecular weight is 474 g/mol. The van der Waals surface area contributed by atoms with Crippen LogP contribution in [-0.4, -0.2) is 39.7 Å². The number of aromatic nitrogens is 3. The van der Waals surface area contributed by atoms with Gasteiger partial charge in [0.05, 0.1) is 0 Å². The lowest BCUT2D eigenvalue weighted by Gasteiger charge is -2.33. The molecule has 0 spiro atoms. The molecule has 176 valence electrons. The molecule has 2 N–H and O–H groups in total.